The maximum Gasteiger partial charge on any atom is 0.159 e. The highest BCUT2D eigenvalue weighted by atomic mass is 16.3. The van der Waals surface area contributed by atoms with Crippen molar-refractivity contribution in [2.45, 2.75) is 57.8 Å². The average molecular weight is 1090 g/mol. The number of hydrogen-bond acceptors (Lipinski definition) is 5. The number of benzene rings is 11. The summed E-state index contributed by atoms with van der Waals surface area (Å²) in [5, 5.41) is 6.33. The van der Waals surface area contributed by atoms with Gasteiger partial charge in [0.1, 0.15) is 22.3 Å². The zero-order chi connectivity index (χ0) is 56.6. The molecule has 16 rings (SSSR count). The number of furan rings is 3. The van der Waals surface area contributed by atoms with Crippen LogP contribution < -0.4 is 9.80 Å². The van der Waals surface area contributed by atoms with E-state index in [9.17, 15) is 0 Å². The second-order valence-corrected chi connectivity index (χ2v) is 24.7. The van der Waals surface area contributed by atoms with E-state index in [1.54, 1.807) is 0 Å². The number of rotatable bonds is 8. The molecule has 2 aliphatic carbocycles. The smallest absolute Gasteiger partial charge is 0.159 e. The van der Waals surface area contributed by atoms with Crippen molar-refractivity contribution in [1.82, 2.24) is 0 Å². The molecule has 5 nitrogen and oxygen atoms in total. The maximum atomic E-state index is 7.58. The second-order valence-electron chi connectivity index (χ2n) is 24.7. The Morgan fingerprint density at radius 1 is 0.381 bits per heavy atom. The Balaban J connectivity index is 1.05. The van der Waals surface area contributed by atoms with E-state index in [2.05, 4.69) is 300 Å². The topological polar surface area (TPSA) is 45.9 Å². The van der Waals surface area contributed by atoms with Gasteiger partial charge in [0.25, 0.3) is 0 Å². The van der Waals surface area contributed by atoms with Crippen molar-refractivity contribution in [3.63, 3.8) is 0 Å². The molecular formula is C79H60N2O3. The molecule has 0 aliphatic heterocycles. The molecule has 0 saturated carbocycles. The molecule has 14 aromatic rings. The molecule has 0 amide bonds. The van der Waals surface area contributed by atoms with E-state index in [1.807, 2.05) is 6.07 Å². The van der Waals surface area contributed by atoms with Crippen molar-refractivity contribution in [3.8, 4) is 11.1 Å². The summed E-state index contributed by atoms with van der Waals surface area (Å²) >= 11 is 0. The lowest BCUT2D eigenvalue weighted by Gasteiger charge is -2.34. The third kappa shape index (κ3) is 7.34. The summed E-state index contributed by atoms with van der Waals surface area (Å²) < 4.78 is 21.5. The molecule has 3 heterocycles. The van der Waals surface area contributed by atoms with Gasteiger partial charge in [0.2, 0.25) is 0 Å². The summed E-state index contributed by atoms with van der Waals surface area (Å²) in [7, 11) is 0. The van der Waals surface area contributed by atoms with Crippen molar-refractivity contribution in [2.75, 3.05) is 9.80 Å². The predicted molar refractivity (Wildman–Crippen MR) is 349 cm³/mol. The lowest BCUT2D eigenvalue weighted by atomic mass is 9.69. The number of allylic oxidation sites excluding steroid dienone is 2. The molecule has 1 spiro atoms. The fourth-order valence-corrected chi connectivity index (χ4v) is 13.9. The fourth-order valence-electron chi connectivity index (χ4n) is 13.9. The molecule has 5 heteroatoms. The summed E-state index contributed by atoms with van der Waals surface area (Å²) in [5.74, 6) is 0. The van der Waals surface area contributed by atoms with Crippen LogP contribution in [0.25, 0.3) is 82.5 Å². The molecule has 404 valence electrons. The molecule has 0 atom stereocenters. The first-order valence-electron chi connectivity index (χ1n) is 29.2. The predicted octanol–water partition coefficient (Wildman–Crippen LogP) is 21.9. The standard InChI is InChI=1S/C79H60N2O3/c1-77(2,3)50-38-42-52(43-39-50)80(65-33-20-29-58-56-26-12-17-35-68(56)82-74(58)65)47-46-63-71(49-22-8-7-9-23-49)73-64(79(63)61-31-15-10-24-54(61)55-25-11-16-32-62(55)79)48-67(72-60-28-14-19-37-70(60)84-76(72)73)81(53-44-40-51(41-45-53)78(4,5)6)66-34-21-30-59-57-27-13-18-36-69(57)83-75(59)66/h7-48H,1-6H3/b47-46+. The molecule has 0 unspecified atom stereocenters. The summed E-state index contributed by atoms with van der Waals surface area (Å²) in [4.78, 5) is 4.77. The highest BCUT2D eigenvalue weighted by molar-refractivity contribution is 6.21. The van der Waals surface area contributed by atoms with Crippen molar-refractivity contribution in [3.05, 3.63) is 299 Å². The van der Waals surface area contributed by atoms with Crippen molar-refractivity contribution in [2.24, 2.45) is 0 Å². The van der Waals surface area contributed by atoms with Crippen LogP contribution in [0, 0.1) is 0 Å². The third-order valence-corrected chi connectivity index (χ3v) is 17.9. The molecule has 0 fully saturated rings. The van der Waals surface area contributed by atoms with Gasteiger partial charge >= 0.3 is 0 Å². The third-order valence-electron chi connectivity index (χ3n) is 17.9. The van der Waals surface area contributed by atoms with Crippen molar-refractivity contribution >= 4 is 99.8 Å². The van der Waals surface area contributed by atoms with Crippen LogP contribution in [0.1, 0.15) is 80.5 Å². The average Bonchev–Trinajstić information content (AvgIpc) is 1.52. The number of fused-ring (bicyclic) bond motifs is 17. The maximum absolute atomic E-state index is 7.58. The van der Waals surface area contributed by atoms with Crippen molar-refractivity contribution in [1.29, 1.82) is 0 Å². The van der Waals surface area contributed by atoms with Gasteiger partial charge in [-0.3, -0.25) is 0 Å². The van der Waals surface area contributed by atoms with Crippen LogP contribution >= 0.6 is 0 Å². The molecule has 11 aromatic carbocycles. The summed E-state index contributed by atoms with van der Waals surface area (Å²) in [5.41, 5.74) is 21.7. The van der Waals surface area contributed by atoms with Crippen LogP contribution in [0.5, 0.6) is 0 Å². The van der Waals surface area contributed by atoms with Gasteiger partial charge in [0, 0.05) is 50.1 Å². The van der Waals surface area contributed by atoms with Gasteiger partial charge in [-0.05, 0) is 133 Å². The lowest BCUT2D eigenvalue weighted by Crippen LogP contribution is -2.27. The van der Waals surface area contributed by atoms with E-state index >= 15 is 0 Å². The number of nitrogens with zero attached hydrogens (tertiary/aromatic N) is 2. The first-order valence-corrected chi connectivity index (χ1v) is 29.2. The molecule has 84 heavy (non-hydrogen) atoms. The monoisotopic (exact) mass is 1080 g/mol. The zero-order valence-corrected chi connectivity index (χ0v) is 47.9. The van der Waals surface area contributed by atoms with E-state index in [4.69, 9.17) is 13.3 Å². The Labute approximate surface area is 488 Å². The quantitative estimate of drug-likeness (QED) is 0.152. The molecule has 0 bridgehead atoms. The van der Waals surface area contributed by atoms with Crippen LogP contribution in [-0.2, 0) is 16.2 Å². The Kier molecular flexibility index (Phi) is 10.9. The minimum absolute atomic E-state index is 0.0382. The summed E-state index contributed by atoms with van der Waals surface area (Å²) in [6, 6.07) is 88.2. The molecule has 0 N–H and O–H groups in total. The summed E-state index contributed by atoms with van der Waals surface area (Å²) in [6.07, 6.45) is 4.71. The van der Waals surface area contributed by atoms with Gasteiger partial charge in [-0.25, -0.2) is 0 Å². The first kappa shape index (κ1) is 49.7. The Morgan fingerprint density at radius 3 is 1.43 bits per heavy atom. The molecule has 2 aliphatic rings. The van der Waals surface area contributed by atoms with Gasteiger partial charge in [-0.2, -0.15) is 0 Å². The minimum Gasteiger partial charge on any atom is -0.455 e. The number of para-hydroxylation sites is 5. The molecular weight excluding hydrogens is 1020 g/mol. The van der Waals surface area contributed by atoms with Gasteiger partial charge in [0.15, 0.2) is 11.2 Å². The fraction of sp³-hybridized carbons (Fsp3) is 0.114. The number of anilines is 5. The van der Waals surface area contributed by atoms with E-state index in [1.165, 1.54) is 33.4 Å². The van der Waals surface area contributed by atoms with Gasteiger partial charge in [-0.15, -0.1) is 0 Å². The van der Waals surface area contributed by atoms with Crippen LogP contribution in [0.2, 0.25) is 0 Å². The molecule has 3 aromatic heterocycles. The van der Waals surface area contributed by atoms with Crippen LogP contribution in [-0.4, -0.2) is 0 Å². The van der Waals surface area contributed by atoms with Gasteiger partial charge < -0.3 is 23.1 Å². The van der Waals surface area contributed by atoms with Crippen LogP contribution in [0.4, 0.5) is 28.4 Å². The van der Waals surface area contributed by atoms with Crippen molar-refractivity contribution < 1.29 is 13.3 Å². The molecule has 0 radical (unpaired) electrons. The first-order chi connectivity index (χ1) is 40.9. The van der Waals surface area contributed by atoms with E-state index in [-0.39, 0.29) is 10.8 Å². The van der Waals surface area contributed by atoms with Gasteiger partial charge in [0.05, 0.1) is 27.9 Å². The summed E-state index contributed by atoms with van der Waals surface area (Å²) in [6.45, 7) is 13.6. The highest BCUT2D eigenvalue weighted by Crippen LogP contribution is 2.66. The van der Waals surface area contributed by atoms with Crippen LogP contribution in [0.3, 0.4) is 0 Å². The van der Waals surface area contributed by atoms with E-state index in [0.717, 1.165) is 122 Å². The normalized spacial score (nSPS) is 13.8. The number of hydrogen-bond donors (Lipinski definition) is 0. The minimum atomic E-state index is -0.869. The Bertz CT molecular complexity index is 4990. The molecule has 0 saturated heterocycles. The van der Waals surface area contributed by atoms with Gasteiger partial charge in [-0.1, -0.05) is 224 Å². The second kappa shape index (κ2) is 18.5. The van der Waals surface area contributed by atoms with E-state index in [0.29, 0.717) is 0 Å². The van der Waals surface area contributed by atoms with E-state index < -0.39 is 5.41 Å². The Morgan fingerprint density at radius 2 is 0.845 bits per heavy atom. The SMILES string of the molecule is CC(C)(C)c1ccc(N(/C=C/C2=C(c3ccccc3)c3c(cc(N(c4ccc(C(C)(C)C)cc4)c4cccc5c4oc4ccccc45)c4c3oc3ccccc34)C23c2ccccc2-c2ccccc23)c2cccc3c2oc2ccccc23)cc1. The Hall–Kier alpha value is -10.1. The zero-order valence-electron chi connectivity index (χ0n) is 47.9. The van der Waals surface area contributed by atoms with Crippen LogP contribution in [0.15, 0.2) is 274 Å². The lowest BCUT2D eigenvalue weighted by molar-refractivity contribution is 0.590. The highest BCUT2D eigenvalue weighted by Gasteiger charge is 2.54. The largest absolute Gasteiger partial charge is 0.455 e.